The molecule has 0 atom stereocenters. The first-order chi connectivity index (χ1) is 35.2. The molecule has 0 amide bonds. The minimum absolute atomic E-state index is 0.628. The molecule has 13 aromatic rings. The van der Waals surface area contributed by atoms with Gasteiger partial charge in [0.15, 0.2) is 0 Å². The van der Waals surface area contributed by atoms with Crippen LogP contribution in [0, 0.1) is 0 Å². The van der Waals surface area contributed by atoms with Crippen molar-refractivity contribution < 1.29 is 0 Å². The summed E-state index contributed by atoms with van der Waals surface area (Å²) >= 11 is 0. The van der Waals surface area contributed by atoms with E-state index in [-0.39, 0.29) is 0 Å². The van der Waals surface area contributed by atoms with Crippen molar-refractivity contribution in [1.82, 2.24) is 4.57 Å². The van der Waals surface area contributed by atoms with Crippen LogP contribution >= 0.6 is 0 Å². The lowest BCUT2D eigenvalue weighted by molar-refractivity contribution is 0.768. The number of benzene rings is 12. The normalized spacial score (nSPS) is 12.6. The van der Waals surface area contributed by atoms with Gasteiger partial charge in [0.1, 0.15) is 0 Å². The zero-order chi connectivity index (χ0) is 46.9. The predicted molar refractivity (Wildman–Crippen MR) is 299 cm³/mol. The molecular formula is C69H46N2. The van der Waals surface area contributed by atoms with E-state index in [0.29, 0.717) is 0 Å². The second-order valence-electron chi connectivity index (χ2n) is 18.8. The molecular weight excluding hydrogens is 857 g/mol. The first-order valence-corrected chi connectivity index (χ1v) is 24.6. The average Bonchev–Trinajstić information content (AvgIpc) is 3.95. The lowest BCUT2D eigenvalue weighted by atomic mass is 9.67. The van der Waals surface area contributed by atoms with Crippen LogP contribution in [0.25, 0.3) is 82.4 Å². The molecule has 1 aliphatic carbocycles. The van der Waals surface area contributed by atoms with E-state index in [1.165, 1.54) is 93.5 Å². The largest absolute Gasteiger partial charge is 0.310 e. The van der Waals surface area contributed by atoms with Gasteiger partial charge in [0.25, 0.3) is 0 Å². The quantitative estimate of drug-likeness (QED) is 0.147. The highest BCUT2D eigenvalue weighted by Gasteiger charge is 2.46. The predicted octanol–water partition coefficient (Wildman–Crippen LogP) is 18.3. The molecule has 0 aliphatic heterocycles. The molecule has 1 aliphatic rings. The molecule has 1 heterocycles. The van der Waals surface area contributed by atoms with Crippen molar-refractivity contribution in [3.05, 3.63) is 301 Å². The highest BCUT2D eigenvalue weighted by Crippen LogP contribution is 2.58. The van der Waals surface area contributed by atoms with Crippen molar-refractivity contribution in [2.75, 3.05) is 4.90 Å². The Balaban J connectivity index is 1.03. The fraction of sp³-hybridized carbons (Fsp3) is 0.0145. The molecule has 0 saturated heterocycles. The van der Waals surface area contributed by atoms with Gasteiger partial charge in [0.05, 0.1) is 16.4 Å². The van der Waals surface area contributed by atoms with Gasteiger partial charge in [-0.2, -0.15) is 0 Å². The SMILES string of the molecule is c1ccc(-c2ccc(N(c3ccc4c(c3)C(c3ccccc3)(c3ccccc3)c3cc(-c5cccc6ccccc56)ccc3-4)c3ccc4c5ccc6ccccc6c5n(-c5ccccc5)c4c3)cc2)cc1. The molecule has 0 fully saturated rings. The van der Waals surface area contributed by atoms with Gasteiger partial charge in [0.2, 0.25) is 0 Å². The van der Waals surface area contributed by atoms with Gasteiger partial charge in [-0.15, -0.1) is 0 Å². The summed E-state index contributed by atoms with van der Waals surface area (Å²) in [6.07, 6.45) is 0. The highest BCUT2D eigenvalue weighted by atomic mass is 15.1. The average molecular weight is 903 g/mol. The Morgan fingerprint density at radius 3 is 1.52 bits per heavy atom. The topological polar surface area (TPSA) is 8.17 Å². The number of aromatic nitrogens is 1. The Morgan fingerprint density at radius 2 is 0.803 bits per heavy atom. The maximum atomic E-state index is 2.49. The third-order valence-corrected chi connectivity index (χ3v) is 15.0. The van der Waals surface area contributed by atoms with E-state index in [1.54, 1.807) is 0 Å². The Labute approximate surface area is 413 Å². The number of nitrogens with zero attached hydrogens (tertiary/aromatic N) is 2. The van der Waals surface area contributed by atoms with Gasteiger partial charge < -0.3 is 9.47 Å². The fourth-order valence-corrected chi connectivity index (χ4v) is 11.9. The van der Waals surface area contributed by atoms with Crippen molar-refractivity contribution in [2.45, 2.75) is 5.41 Å². The van der Waals surface area contributed by atoms with E-state index in [4.69, 9.17) is 0 Å². The van der Waals surface area contributed by atoms with Crippen LogP contribution in [0.1, 0.15) is 22.3 Å². The monoisotopic (exact) mass is 902 g/mol. The van der Waals surface area contributed by atoms with Crippen LogP contribution in [0.4, 0.5) is 17.1 Å². The molecule has 2 nitrogen and oxygen atoms in total. The molecule has 12 aromatic carbocycles. The number of anilines is 3. The van der Waals surface area contributed by atoms with Crippen LogP contribution in [0.5, 0.6) is 0 Å². The van der Waals surface area contributed by atoms with E-state index < -0.39 is 5.41 Å². The minimum atomic E-state index is -0.628. The lowest BCUT2D eigenvalue weighted by Gasteiger charge is -2.35. The molecule has 0 spiro atoms. The molecule has 0 radical (unpaired) electrons. The van der Waals surface area contributed by atoms with Gasteiger partial charge >= 0.3 is 0 Å². The number of para-hydroxylation sites is 1. The summed E-state index contributed by atoms with van der Waals surface area (Å²) in [5.41, 5.74) is 18.4. The van der Waals surface area contributed by atoms with Crippen molar-refractivity contribution in [3.63, 3.8) is 0 Å². The zero-order valence-electron chi connectivity index (χ0n) is 39.0. The van der Waals surface area contributed by atoms with E-state index >= 15 is 0 Å². The third kappa shape index (κ3) is 6.42. The van der Waals surface area contributed by atoms with Crippen LogP contribution < -0.4 is 4.90 Å². The molecule has 0 unspecified atom stereocenters. The summed E-state index contributed by atoms with van der Waals surface area (Å²) in [6, 6.07) is 103. The minimum Gasteiger partial charge on any atom is -0.310 e. The zero-order valence-corrected chi connectivity index (χ0v) is 39.0. The molecule has 332 valence electrons. The Bertz CT molecular complexity index is 4090. The lowest BCUT2D eigenvalue weighted by Crippen LogP contribution is -2.28. The van der Waals surface area contributed by atoms with Crippen molar-refractivity contribution >= 4 is 60.4 Å². The standard InChI is InChI=1S/C69H46N2/c1-5-18-47(19-6-1)48-32-36-55(37-33-48)70(57-39-43-63-64-41-34-50-21-14-16-30-60(50)68(64)71(67(63)46-57)54-27-11-4-12-28-54)56-38-42-62-61-40-35-51(59-31-17-22-49-20-13-15-29-58(49)59)44-65(61)69(66(62)45-56,52-23-7-2-8-24-52)53-25-9-3-10-26-53/h1-46H. The highest BCUT2D eigenvalue weighted by molar-refractivity contribution is 6.19. The summed E-state index contributed by atoms with van der Waals surface area (Å²) in [7, 11) is 0. The molecule has 0 N–H and O–H groups in total. The number of hydrogen-bond donors (Lipinski definition) is 0. The summed E-state index contributed by atoms with van der Waals surface area (Å²) in [5.74, 6) is 0. The Hall–Kier alpha value is -9.24. The van der Waals surface area contributed by atoms with Crippen molar-refractivity contribution in [2.24, 2.45) is 0 Å². The summed E-state index contributed by atoms with van der Waals surface area (Å²) in [4.78, 5) is 2.46. The Morgan fingerprint density at radius 1 is 0.296 bits per heavy atom. The first kappa shape index (κ1) is 40.8. The van der Waals surface area contributed by atoms with Gasteiger partial charge in [0, 0.05) is 38.9 Å². The van der Waals surface area contributed by atoms with E-state index in [2.05, 4.69) is 289 Å². The summed E-state index contributed by atoms with van der Waals surface area (Å²) in [5, 5.41) is 7.41. The molecule has 0 saturated carbocycles. The first-order valence-electron chi connectivity index (χ1n) is 24.6. The van der Waals surface area contributed by atoms with E-state index in [0.717, 1.165) is 28.3 Å². The van der Waals surface area contributed by atoms with Crippen LogP contribution in [-0.2, 0) is 5.41 Å². The molecule has 2 heteroatoms. The Kier molecular flexibility index (Phi) is 9.47. The summed E-state index contributed by atoms with van der Waals surface area (Å²) in [6.45, 7) is 0. The second kappa shape index (κ2) is 16.5. The third-order valence-electron chi connectivity index (χ3n) is 15.0. The smallest absolute Gasteiger partial charge is 0.0714 e. The maximum Gasteiger partial charge on any atom is 0.0714 e. The van der Waals surface area contributed by atoms with Crippen LogP contribution in [0.15, 0.2) is 279 Å². The van der Waals surface area contributed by atoms with E-state index in [1.807, 2.05) is 0 Å². The van der Waals surface area contributed by atoms with Gasteiger partial charge in [-0.1, -0.05) is 224 Å². The molecule has 1 aromatic heterocycles. The van der Waals surface area contributed by atoms with Crippen LogP contribution in [0.3, 0.4) is 0 Å². The fourth-order valence-electron chi connectivity index (χ4n) is 11.9. The molecule has 0 bridgehead atoms. The molecule has 71 heavy (non-hydrogen) atoms. The molecule has 14 rings (SSSR count). The van der Waals surface area contributed by atoms with Crippen LogP contribution in [-0.4, -0.2) is 4.57 Å². The van der Waals surface area contributed by atoms with Crippen LogP contribution in [0.2, 0.25) is 0 Å². The van der Waals surface area contributed by atoms with E-state index in [9.17, 15) is 0 Å². The van der Waals surface area contributed by atoms with Gasteiger partial charge in [-0.3, -0.25) is 0 Å². The maximum absolute atomic E-state index is 2.49. The second-order valence-corrected chi connectivity index (χ2v) is 18.8. The van der Waals surface area contributed by atoms with Crippen molar-refractivity contribution in [3.8, 4) is 39.1 Å². The number of hydrogen-bond acceptors (Lipinski definition) is 1. The summed E-state index contributed by atoms with van der Waals surface area (Å²) < 4.78 is 2.47. The van der Waals surface area contributed by atoms with Gasteiger partial charge in [-0.05, 0) is 126 Å². The van der Waals surface area contributed by atoms with Gasteiger partial charge in [-0.25, -0.2) is 0 Å². The number of fused-ring (bicyclic) bond motifs is 9. The van der Waals surface area contributed by atoms with Crippen molar-refractivity contribution in [1.29, 1.82) is 0 Å². The number of rotatable bonds is 8.